The Bertz CT molecular complexity index is 692. The predicted octanol–water partition coefficient (Wildman–Crippen LogP) is 3.03. The Morgan fingerprint density at radius 1 is 1.15 bits per heavy atom. The van der Waals surface area contributed by atoms with Crippen molar-refractivity contribution in [2.24, 2.45) is 0 Å². The molecular weight excluding hydrogens is 330 g/mol. The van der Waals surface area contributed by atoms with Gasteiger partial charge in [0.15, 0.2) is 11.5 Å². The lowest BCUT2D eigenvalue weighted by atomic mass is 9.97. The summed E-state index contributed by atoms with van der Waals surface area (Å²) in [6.45, 7) is 4.74. The zero-order valence-electron chi connectivity index (χ0n) is 15.4. The number of morpholine rings is 1. The molecule has 2 atom stereocenters. The zero-order valence-corrected chi connectivity index (χ0v) is 15.4. The van der Waals surface area contributed by atoms with Gasteiger partial charge in [-0.15, -0.1) is 0 Å². The van der Waals surface area contributed by atoms with Crippen molar-refractivity contribution in [2.45, 2.75) is 25.6 Å². The highest BCUT2D eigenvalue weighted by atomic mass is 16.5. The molecule has 0 spiro atoms. The van der Waals surface area contributed by atoms with Crippen molar-refractivity contribution in [1.29, 1.82) is 0 Å². The lowest BCUT2D eigenvalue weighted by Crippen LogP contribution is -2.46. The first-order valence-corrected chi connectivity index (χ1v) is 9.08. The summed E-state index contributed by atoms with van der Waals surface area (Å²) in [5.74, 6) is 1.50. The minimum absolute atomic E-state index is 0.00264. The number of aliphatic hydroxyl groups is 1. The quantitative estimate of drug-likeness (QED) is 0.825. The molecule has 0 aromatic heterocycles. The van der Waals surface area contributed by atoms with E-state index in [0.29, 0.717) is 13.2 Å². The molecule has 5 heteroatoms. The van der Waals surface area contributed by atoms with E-state index >= 15 is 0 Å². The standard InChI is InChI=1S/C21H27NO4/c1-3-25-18-10-9-16(13-19(18)24-2)14-22-11-12-26-20(15-23)21(22)17-7-5-4-6-8-17/h4-10,13,20-21,23H,3,11-12,14-15H2,1-2H3. The summed E-state index contributed by atoms with van der Waals surface area (Å²) >= 11 is 0. The summed E-state index contributed by atoms with van der Waals surface area (Å²) in [4.78, 5) is 2.36. The first kappa shape index (κ1) is 18.7. The number of nitrogens with zero attached hydrogens (tertiary/aromatic N) is 1. The highest BCUT2D eigenvalue weighted by Crippen LogP contribution is 2.33. The van der Waals surface area contributed by atoms with Crippen LogP contribution in [0.15, 0.2) is 48.5 Å². The SMILES string of the molecule is CCOc1ccc(CN2CCOC(CO)C2c2ccccc2)cc1OC. The molecule has 2 aromatic carbocycles. The molecule has 5 nitrogen and oxygen atoms in total. The van der Waals surface area contributed by atoms with Gasteiger partial charge in [-0.1, -0.05) is 36.4 Å². The van der Waals surface area contributed by atoms with E-state index in [0.717, 1.165) is 35.7 Å². The van der Waals surface area contributed by atoms with Gasteiger partial charge in [0.1, 0.15) is 6.10 Å². The summed E-state index contributed by atoms with van der Waals surface area (Å²) < 4.78 is 16.9. The van der Waals surface area contributed by atoms with Gasteiger partial charge >= 0.3 is 0 Å². The Morgan fingerprint density at radius 2 is 1.96 bits per heavy atom. The molecule has 0 saturated carbocycles. The number of hydrogen-bond donors (Lipinski definition) is 1. The monoisotopic (exact) mass is 357 g/mol. The maximum absolute atomic E-state index is 9.80. The average Bonchev–Trinajstić information content (AvgIpc) is 2.69. The lowest BCUT2D eigenvalue weighted by molar-refractivity contribution is -0.0960. The molecule has 0 bridgehead atoms. The smallest absolute Gasteiger partial charge is 0.161 e. The van der Waals surface area contributed by atoms with Gasteiger partial charge in [-0.05, 0) is 30.2 Å². The topological polar surface area (TPSA) is 51.2 Å². The van der Waals surface area contributed by atoms with Crippen molar-refractivity contribution < 1.29 is 19.3 Å². The Hall–Kier alpha value is -2.08. The third-order valence-electron chi connectivity index (χ3n) is 4.69. The molecule has 1 heterocycles. The molecule has 0 aliphatic carbocycles. The van der Waals surface area contributed by atoms with E-state index in [1.54, 1.807) is 7.11 Å². The van der Waals surface area contributed by atoms with E-state index in [-0.39, 0.29) is 18.8 Å². The number of ether oxygens (including phenoxy) is 3. The Balaban J connectivity index is 1.84. The van der Waals surface area contributed by atoms with Crippen LogP contribution in [0.5, 0.6) is 11.5 Å². The van der Waals surface area contributed by atoms with E-state index in [1.165, 1.54) is 0 Å². The van der Waals surface area contributed by atoms with Crippen LogP contribution >= 0.6 is 0 Å². The van der Waals surface area contributed by atoms with Crippen molar-refractivity contribution >= 4 is 0 Å². The fraction of sp³-hybridized carbons (Fsp3) is 0.429. The van der Waals surface area contributed by atoms with Crippen molar-refractivity contribution in [3.05, 3.63) is 59.7 Å². The molecule has 26 heavy (non-hydrogen) atoms. The van der Waals surface area contributed by atoms with Gasteiger partial charge in [-0.25, -0.2) is 0 Å². The Kier molecular flexibility index (Phi) is 6.50. The average molecular weight is 357 g/mol. The van der Waals surface area contributed by atoms with E-state index in [4.69, 9.17) is 14.2 Å². The van der Waals surface area contributed by atoms with Crippen molar-refractivity contribution in [2.75, 3.05) is 33.5 Å². The minimum Gasteiger partial charge on any atom is -0.493 e. The summed E-state index contributed by atoms with van der Waals surface area (Å²) in [6.07, 6.45) is -0.226. The summed E-state index contributed by atoms with van der Waals surface area (Å²) in [5.41, 5.74) is 2.30. The molecule has 2 unspecified atom stereocenters. The van der Waals surface area contributed by atoms with Gasteiger partial charge in [0.25, 0.3) is 0 Å². The molecule has 1 aliphatic rings. The normalized spacial score (nSPS) is 20.7. The number of hydrogen-bond acceptors (Lipinski definition) is 5. The van der Waals surface area contributed by atoms with Crippen molar-refractivity contribution in [1.82, 2.24) is 4.90 Å². The lowest BCUT2D eigenvalue weighted by Gasteiger charge is -2.41. The molecule has 0 radical (unpaired) electrons. The van der Waals surface area contributed by atoms with Crippen LogP contribution < -0.4 is 9.47 Å². The zero-order chi connectivity index (χ0) is 18.4. The number of methoxy groups -OCH3 is 1. The van der Waals surface area contributed by atoms with Crippen LogP contribution in [0.1, 0.15) is 24.1 Å². The van der Waals surface area contributed by atoms with Gasteiger partial charge in [0.2, 0.25) is 0 Å². The highest BCUT2D eigenvalue weighted by molar-refractivity contribution is 5.43. The van der Waals surface area contributed by atoms with Crippen LogP contribution in [0.3, 0.4) is 0 Å². The van der Waals surface area contributed by atoms with Crippen LogP contribution in [0, 0.1) is 0 Å². The maximum atomic E-state index is 9.80. The second kappa shape index (κ2) is 9.03. The fourth-order valence-corrected chi connectivity index (χ4v) is 3.51. The van der Waals surface area contributed by atoms with E-state index in [2.05, 4.69) is 23.1 Å². The number of rotatable bonds is 7. The highest BCUT2D eigenvalue weighted by Gasteiger charge is 2.33. The number of aliphatic hydroxyl groups excluding tert-OH is 1. The van der Waals surface area contributed by atoms with Gasteiger partial charge < -0.3 is 19.3 Å². The second-order valence-electron chi connectivity index (χ2n) is 6.34. The molecule has 1 saturated heterocycles. The molecule has 2 aromatic rings. The van der Waals surface area contributed by atoms with E-state index < -0.39 is 0 Å². The van der Waals surface area contributed by atoms with Gasteiger partial charge in [-0.3, -0.25) is 4.90 Å². The first-order chi connectivity index (χ1) is 12.8. The molecule has 3 rings (SSSR count). The van der Waals surface area contributed by atoms with Gasteiger partial charge in [0, 0.05) is 13.1 Å². The van der Waals surface area contributed by atoms with E-state index in [1.807, 2.05) is 37.3 Å². The molecule has 1 aliphatic heterocycles. The molecule has 0 amide bonds. The largest absolute Gasteiger partial charge is 0.493 e. The van der Waals surface area contributed by atoms with Crippen LogP contribution in [0.25, 0.3) is 0 Å². The van der Waals surface area contributed by atoms with Crippen LogP contribution in [-0.4, -0.2) is 49.6 Å². The predicted molar refractivity (Wildman–Crippen MR) is 101 cm³/mol. The Labute approximate surface area is 155 Å². The fourth-order valence-electron chi connectivity index (χ4n) is 3.51. The summed E-state index contributed by atoms with van der Waals surface area (Å²) in [5, 5.41) is 9.80. The van der Waals surface area contributed by atoms with Crippen molar-refractivity contribution in [3.8, 4) is 11.5 Å². The Morgan fingerprint density at radius 3 is 2.65 bits per heavy atom. The first-order valence-electron chi connectivity index (χ1n) is 9.08. The third-order valence-corrected chi connectivity index (χ3v) is 4.69. The third kappa shape index (κ3) is 4.18. The van der Waals surface area contributed by atoms with Crippen molar-refractivity contribution in [3.63, 3.8) is 0 Å². The van der Waals surface area contributed by atoms with Crippen LogP contribution in [-0.2, 0) is 11.3 Å². The van der Waals surface area contributed by atoms with E-state index in [9.17, 15) is 5.11 Å². The van der Waals surface area contributed by atoms with Crippen LogP contribution in [0.2, 0.25) is 0 Å². The van der Waals surface area contributed by atoms with Crippen LogP contribution in [0.4, 0.5) is 0 Å². The molecule has 140 valence electrons. The molecule has 1 fully saturated rings. The summed E-state index contributed by atoms with van der Waals surface area (Å²) in [7, 11) is 1.66. The molecule has 1 N–H and O–H groups in total. The molecular formula is C21H27NO4. The summed E-state index contributed by atoms with van der Waals surface area (Å²) in [6, 6.07) is 16.3. The maximum Gasteiger partial charge on any atom is 0.161 e. The van der Waals surface area contributed by atoms with Gasteiger partial charge in [-0.2, -0.15) is 0 Å². The minimum atomic E-state index is -0.226. The van der Waals surface area contributed by atoms with Gasteiger partial charge in [0.05, 0.1) is 33.0 Å². The number of benzene rings is 2. The second-order valence-corrected chi connectivity index (χ2v) is 6.34.